The quantitative estimate of drug-likeness (QED) is 0.856. The zero-order valence-corrected chi connectivity index (χ0v) is 12.5. The average Bonchev–Trinajstić information content (AvgIpc) is 3.03. The second-order valence-electron chi connectivity index (χ2n) is 5.88. The van der Waals surface area contributed by atoms with Gasteiger partial charge < -0.3 is 10.1 Å². The van der Waals surface area contributed by atoms with Crippen molar-refractivity contribution in [3.8, 4) is 0 Å². The summed E-state index contributed by atoms with van der Waals surface area (Å²) >= 11 is 6.23. The molecule has 2 bridgehead atoms. The maximum absolute atomic E-state index is 12.5. The van der Waals surface area contributed by atoms with E-state index in [2.05, 4.69) is 5.32 Å². The van der Waals surface area contributed by atoms with Crippen LogP contribution < -0.4 is 5.32 Å². The normalized spacial score (nSPS) is 31.3. The Hall–Kier alpha value is -1.22. The molecular weight excluding hydrogens is 274 g/mol. The third-order valence-electron chi connectivity index (χ3n) is 4.72. The number of benzene rings is 1. The minimum absolute atomic E-state index is 0.118. The molecule has 1 aromatic rings. The number of fused-ring (bicyclic) bond motifs is 2. The Kier molecular flexibility index (Phi) is 3.63. The minimum atomic E-state index is -0.579. The Bertz CT molecular complexity index is 519. The van der Waals surface area contributed by atoms with Crippen LogP contribution in [-0.4, -0.2) is 18.1 Å². The van der Waals surface area contributed by atoms with Crippen molar-refractivity contribution in [3.05, 3.63) is 29.3 Å². The van der Waals surface area contributed by atoms with Crippen molar-refractivity contribution in [2.75, 3.05) is 11.9 Å². The lowest BCUT2D eigenvalue weighted by Crippen LogP contribution is -2.51. The van der Waals surface area contributed by atoms with E-state index in [0.29, 0.717) is 23.5 Å². The number of anilines is 1. The van der Waals surface area contributed by atoms with E-state index in [1.807, 2.05) is 31.2 Å². The molecule has 3 rings (SSSR count). The van der Waals surface area contributed by atoms with Gasteiger partial charge in [-0.25, -0.2) is 4.79 Å². The summed E-state index contributed by atoms with van der Waals surface area (Å²) in [5, 5.41) is 4.08. The van der Waals surface area contributed by atoms with Crippen LogP contribution in [0.1, 0.15) is 32.6 Å². The van der Waals surface area contributed by atoms with Crippen LogP contribution in [0.3, 0.4) is 0 Å². The van der Waals surface area contributed by atoms with Crippen LogP contribution in [0.4, 0.5) is 5.69 Å². The summed E-state index contributed by atoms with van der Waals surface area (Å²) in [6, 6.07) is 7.59. The first-order valence-corrected chi connectivity index (χ1v) is 7.73. The summed E-state index contributed by atoms with van der Waals surface area (Å²) in [6.45, 7) is 2.27. The van der Waals surface area contributed by atoms with Crippen molar-refractivity contribution in [2.45, 2.75) is 38.1 Å². The fraction of sp³-hybridized carbons (Fsp3) is 0.562. The van der Waals surface area contributed by atoms with E-state index in [1.165, 1.54) is 6.42 Å². The largest absolute Gasteiger partial charge is 0.464 e. The van der Waals surface area contributed by atoms with Gasteiger partial charge in [-0.3, -0.25) is 0 Å². The standard InChI is InChI=1S/C16H20ClNO2/c1-2-20-15(19)16(10-11-7-8-12(16)9-11)18-14-6-4-3-5-13(14)17/h3-6,11-12,18H,2,7-10H2,1H3. The lowest BCUT2D eigenvalue weighted by atomic mass is 9.80. The van der Waals surface area contributed by atoms with Gasteiger partial charge in [0, 0.05) is 0 Å². The SMILES string of the molecule is CCOC(=O)C1(Nc2ccccc2Cl)CC2CCC1C2. The highest BCUT2D eigenvalue weighted by Gasteiger charge is 2.56. The van der Waals surface area contributed by atoms with Gasteiger partial charge in [-0.1, -0.05) is 23.7 Å². The lowest BCUT2D eigenvalue weighted by molar-refractivity contribution is -0.150. The topological polar surface area (TPSA) is 38.3 Å². The Morgan fingerprint density at radius 3 is 2.85 bits per heavy atom. The van der Waals surface area contributed by atoms with E-state index < -0.39 is 5.54 Å². The van der Waals surface area contributed by atoms with Crippen molar-refractivity contribution in [2.24, 2.45) is 11.8 Å². The number of hydrogen-bond acceptors (Lipinski definition) is 3. The molecule has 1 N–H and O–H groups in total. The molecule has 0 saturated heterocycles. The second kappa shape index (κ2) is 5.28. The molecule has 0 spiro atoms. The van der Waals surface area contributed by atoms with Gasteiger partial charge in [-0.05, 0) is 56.6 Å². The minimum Gasteiger partial charge on any atom is -0.464 e. The zero-order chi connectivity index (χ0) is 14.2. The van der Waals surface area contributed by atoms with E-state index in [4.69, 9.17) is 16.3 Å². The van der Waals surface area contributed by atoms with Gasteiger partial charge in [0.1, 0.15) is 5.54 Å². The second-order valence-corrected chi connectivity index (χ2v) is 6.28. The van der Waals surface area contributed by atoms with Crippen LogP contribution in [0.15, 0.2) is 24.3 Å². The third kappa shape index (κ3) is 2.18. The molecule has 108 valence electrons. The predicted octanol–water partition coefficient (Wildman–Crippen LogP) is 3.87. The molecule has 0 radical (unpaired) electrons. The summed E-state index contributed by atoms with van der Waals surface area (Å²) in [5.41, 5.74) is 0.249. The fourth-order valence-corrected chi connectivity index (χ4v) is 4.03. The number of nitrogens with one attached hydrogen (secondary N) is 1. The number of hydrogen-bond donors (Lipinski definition) is 1. The molecular formula is C16H20ClNO2. The van der Waals surface area contributed by atoms with Gasteiger partial charge in [0.05, 0.1) is 17.3 Å². The van der Waals surface area contributed by atoms with Crippen LogP contribution in [0.2, 0.25) is 5.02 Å². The van der Waals surface area contributed by atoms with Crippen molar-refractivity contribution < 1.29 is 9.53 Å². The monoisotopic (exact) mass is 293 g/mol. The van der Waals surface area contributed by atoms with Gasteiger partial charge in [0.2, 0.25) is 0 Å². The summed E-state index contributed by atoms with van der Waals surface area (Å²) < 4.78 is 5.35. The number of rotatable bonds is 4. The van der Waals surface area contributed by atoms with Crippen LogP contribution in [-0.2, 0) is 9.53 Å². The number of carbonyl (C=O) groups excluding carboxylic acids is 1. The van der Waals surface area contributed by atoms with Gasteiger partial charge in [0.25, 0.3) is 0 Å². The van der Waals surface area contributed by atoms with Crippen LogP contribution in [0.5, 0.6) is 0 Å². The number of para-hydroxylation sites is 1. The molecule has 3 atom stereocenters. The first kappa shape index (κ1) is 13.7. The fourth-order valence-electron chi connectivity index (χ4n) is 3.85. The molecule has 3 nitrogen and oxygen atoms in total. The molecule has 0 aromatic heterocycles. The van der Waals surface area contributed by atoms with Crippen molar-refractivity contribution in [1.82, 2.24) is 0 Å². The molecule has 1 aromatic carbocycles. The third-order valence-corrected chi connectivity index (χ3v) is 5.05. The number of carbonyl (C=O) groups is 1. The highest BCUT2D eigenvalue weighted by molar-refractivity contribution is 6.33. The number of ether oxygens (including phenoxy) is 1. The Labute approximate surface area is 124 Å². The highest BCUT2D eigenvalue weighted by atomic mass is 35.5. The zero-order valence-electron chi connectivity index (χ0n) is 11.7. The van der Waals surface area contributed by atoms with E-state index in [0.717, 1.165) is 24.9 Å². The first-order chi connectivity index (χ1) is 9.65. The molecule has 0 amide bonds. The summed E-state index contributed by atoms with van der Waals surface area (Å²) in [7, 11) is 0. The molecule has 3 unspecified atom stereocenters. The first-order valence-electron chi connectivity index (χ1n) is 7.35. The summed E-state index contributed by atoms with van der Waals surface area (Å²) in [5.74, 6) is 0.884. The molecule has 4 heteroatoms. The summed E-state index contributed by atoms with van der Waals surface area (Å²) in [6.07, 6.45) is 4.31. The molecule has 2 fully saturated rings. The van der Waals surface area contributed by atoms with E-state index in [-0.39, 0.29) is 5.97 Å². The molecule has 0 heterocycles. The Morgan fingerprint density at radius 2 is 2.25 bits per heavy atom. The van der Waals surface area contributed by atoms with E-state index in [1.54, 1.807) is 0 Å². The van der Waals surface area contributed by atoms with Gasteiger partial charge in [-0.2, -0.15) is 0 Å². The van der Waals surface area contributed by atoms with Crippen LogP contribution >= 0.6 is 11.6 Å². The maximum atomic E-state index is 12.5. The molecule has 2 aliphatic carbocycles. The van der Waals surface area contributed by atoms with E-state index >= 15 is 0 Å². The van der Waals surface area contributed by atoms with Crippen molar-refractivity contribution in [1.29, 1.82) is 0 Å². The molecule has 2 saturated carbocycles. The average molecular weight is 294 g/mol. The number of esters is 1. The maximum Gasteiger partial charge on any atom is 0.332 e. The Balaban J connectivity index is 1.91. The van der Waals surface area contributed by atoms with Gasteiger partial charge in [0.15, 0.2) is 0 Å². The van der Waals surface area contributed by atoms with Crippen molar-refractivity contribution in [3.63, 3.8) is 0 Å². The highest BCUT2D eigenvalue weighted by Crippen LogP contribution is 2.53. The van der Waals surface area contributed by atoms with Gasteiger partial charge in [-0.15, -0.1) is 0 Å². The lowest BCUT2D eigenvalue weighted by Gasteiger charge is -2.37. The molecule has 20 heavy (non-hydrogen) atoms. The summed E-state index contributed by atoms with van der Waals surface area (Å²) in [4.78, 5) is 12.5. The smallest absolute Gasteiger partial charge is 0.332 e. The molecule has 0 aliphatic heterocycles. The molecule has 2 aliphatic rings. The van der Waals surface area contributed by atoms with Gasteiger partial charge >= 0.3 is 5.97 Å². The van der Waals surface area contributed by atoms with Crippen LogP contribution in [0, 0.1) is 11.8 Å². The predicted molar refractivity (Wildman–Crippen MR) is 79.9 cm³/mol. The van der Waals surface area contributed by atoms with E-state index in [9.17, 15) is 4.79 Å². The van der Waals surface area contributed by atoms with Crippen LogP contribution in [0.25, 0.3) is 0 Å². The van der Waals surface area contributed by atoms with Crippen molar-refractivity contribution >= 4 is 23.3 Å². The number of halogens is 1. The Morgan fingerprint density at radius 1 is 1.45 bits per heavy atom.